The Kier molecular flexibility index (Phi) is 4.16. The zero-order valence-corrected chi connectivity index (χ0v) is 11.8. The van der Waals surface area contributed by atoms with Crippen molar-refractivity contribution in [3.05, 3.63) is 26.7 Å². The Bertz CT molecular complexity index is 468. The molecular weight excluding hydrogens is 288 g/mol. The molecule has 0 amide bonds. The summed E-state index contributed by atoms with van der Waals surface area (Å²) < 4.78 is 6.02. The zero-order chi connectivity index (χ0) is 13.3. The maximum atomic E-state index is 10.9. The molecule has 1 aromatic carbocycles. The molecule has 5 heteroatoms. The lowest BCUT2D eigenvalue weighted by Gasteiger charge is -2.20. The molecule has 0 aliphatic carbocycles. The summed E-state index contributed by atoms with van der Waals surface area (Å²) >= 11 is 3.40. The highest BCUT2D eigenvalue weighted by molar-refractivity contribution is 9.10. The lowest BCUT2D eigenvalue weighted by atomic mass is 9.95. The average Bonchev–Trinajstić information content (AvgIpc) is 2.29. The van der Waals surface area contributed by atoms with E-state index in [1.54, 1.807) is 6.92 Å². The second-order valence-electron chi connectivity index (χ2n) is 3.88. The Labute approximate surface area is 108 Å². The normalized spacial score (nSPS) is 12.4. The molecule has 2 N–H and O–H groups in total. The van der Waals surface area contributed by atoms with Crippen LogP contribution in [0.4, 0.5) is 0 Å². The summed E-state index contributed by atoms with van der Waals surface area (Å²) in [7, 11) is 1.47. The Balaban J connectivity index is 3.63. The van der Waals surface area contributed by atoms with Gasteiger partial charge in [-0.25, -0.2) is 4.79 Å². The number of hydrogen-bond acceptors (Lipinski definition) is 3. The van der Waals surface area contributed by atoms with Gasteiger partial charge < -0.3 is 14.9 Å². The van der Waals surface area contributed by atoms with Gasteiger partial charge in [-0.3, -0.25) is 0 Å². The predicted molar refractivity (Wildman–Crippen MR) is 67.5 cm³/mol. The van der Waals surface area contributed by atoms with Crippen LogP contribution < -0.4 is 4.74 Å². The number of ether oxygens (including phenoxy) is 1. The molecule has 1 aromatic rings. The van der Waals surface area contributed by atoms with Gasteiger partial charge in [-0.05, 0) is 37.5 Å². The minimum Gasteiger partial charge on any atom is -0.496 e. The van der Waals surface area contributed by atoms with Crippen LogP contribution in [0.5, 0.6) is 5.75 Å². The van der Waals surface area contributed by atoms with Crippen LogP contribution in [-0.4, -0.2) is 23.3 Å². The van der Waals surface area contributed by atoms with Gasteiger partial charge in [0.2, 0.25) is 0 Å². The quantitative estimate of drug-likeness (QED) is 0.900. The summed E-state index contributed by atoms with van der Waals surface area (Å²) in [4.78, 5) is 10.9. The van der Waals surface area contributed by atoms with Crippen molar-refractivity contribution in [1.82, 2.24) is 0 Å². The molecule has 1 rings (SSSR count). The number of rotatable bonds is 3. The standard InChI is InChI=1S/C12H15BrO4/c1-5-6(2)11(17-4)8(7(3)9(5)13)10(14)12(15)16/h10,14H,1-4H3,(H,15,16). The molecule has 0 heterocycles. The van der Waals surface area contributed by atoms with Gasteiger partial charge in [-0.1, -0.05) is 15.9 Å². The SMILES string of the molecule is COc1c(C)c(C)c(Br)c(C)c1C(O)C(=O)O. The summed E-state index contributed by atoms with van der Waals surface area (Å²) in [6.07, 6.45) is -1.58. The molecule has 0 saturated carbocycles. The fourth-order valence-electron chi connectivity index (χ4n) is 1.82. The Morgan fingerprint density at radius 1 is 1.24 bits per heavy atom. The van der Waals surface area contributed by atoms with Crippen molar-refractivity contribution in [2.24, 2.45) is 0 Å². The molecule has 4 nitrogen and oxygen atoms in total. The van der Waals surface area contributed by atoms with Crippen molar-refractivity contribution in [2.75, 3.05) is 7.11 Å². The Hall–Kier alpha value is -1.07. The number of carboxylic acid groups (broad SMARTS) is 1. The molecule has 17 heavy (non-hydrogen) atoms. The molecule has 0 aliphatic heterocycles. The van der Waals surface area contributed by atoms with Gasteiger partial charge in [-0.15, -0.1) is 0 Å². The van der Waals surface area contributed by atoms with Crippen molar-refractivity contribution in [1.29, 1.82) is 0 Å². The van der Waals surface area contributed by atoms with Gasteiger partial charge in [0.05, 0.1) is 7.11 Å². The number of aliphatic carboxylic acids is 1. The molecule has 0 saturated heterocycles. The third kappa shape index (κ3) is 2.30. The molecule has 0 aliphatic rings. The minimum atomic E-state index is -1.58. The number of halogens is 1. The van der Waals surface area contributed by atoms with E-state index in [4.69, 9.17) is 9.84 Å². The first kappa shape index (κ1) is 14.0. The van der Waals surface area contributed by atoms with Crippen molar-refractivity contribution in [2.45, 2.75) is 26.9 Å². The van der Waals surface area contributed by atoms with E-state index < -0.39 is 12.1 Å². The van der Waals surface area contributed by atoms with E-state index >= 15 is 0 Å². The lowest BCUT2D eigenvalue weighted by molar-refractivity contribution is -0.147. The maximum absolute atomic E-state index is 10.9. The summed E-state index contributed by atoms with van der Waals surface area (Å²) in [6.45, 7) is 5.49. The van der Waals surface area contributed by atoms with E-state index in [1.807, 2.05) is 13.8 Å². The van der Waals surface area contributed by atoms with Gasteiger partial charge >= 0.3 is 5.97 Å². The van der Waals surface area contributed by atoms with Gasteiger partial charge in [0.25, 0.3) is 0 Å². The van der Waals surface area contributed by atoms with E-state index in [9.17, 15) is 9.90 Å². The number of aliphatic hydroxyl groups excluding tert-OH is 1. The van der Waals surface area contributed by atoms with Crippen molar-refractivity contribution in [3.63, 3.8) is 0 Å². The highest BCUT2D eigenvalue weighted by Gasteiger charge is 2.26. The van der Waals surface area contributed by atoms with E-state index in [0.29, 0.717) is 16.9 Å². The van der Waals surface area contributed by atoms with Gasteiger partial charge in [0.1, 0.15) is 5.75 Å². The monoisotopic (exact) mass is 302 g/mol. The van der Waals surface area contributed by atoms with Crippen molar-refractivity contribution in [3.8, 4) is 5.75 Å². The van der Waals surface area contributed by atoms with E-state index in [-0.39, 0.29) is 0 Å². The van der Waals surface area contributed by atoms with Crippen LogP contribution in [0.1, 0.15) is 28.4 Å². The van der Waals surface area contributed by atoms with Crippen molar-refractivity contribution >= 4 is 21.9 Å². The third-order valence-electron chi connectivity index (χ3n) is 2.92. The van der Waals surface area contributed by atoms with Crippen LogP contribution in [-0.2, 0) is 4.79 Å². The highest BCUT2D eigenvalue weighted by Crippen LogP contribution is 2.39. The fraction of sp³-hybridized carbons (Fsp3) is 0.417. The van der Waals surface area contributed by atoms with Crippen LogP contribution in [0.15, 0.2) is 4.47 Å². The fourth-order valence-corrected chi connectivity index (χ4v) is 2.33. The first-order chi connectivity index (χ1) is 7.82. The van der Waals surface area contributed by atoms with Gasteiger partial charge in [-0.2, -0.15) is 0 Å². The topological polar surface area (TPSA) is 66.8 Å². The Morgan fingerprint density at radius 2 is 1.76 bits per heavy atom. The third-order valence-corrected chi connectivity index (χ3v) is 4.11. The van der Waals surface area contributed by atoms with Crippen LogP contribution >= 0.6 is 15.9 Å². The summed E-state index contributed by atoms with van der Waals surface area (Å²) in [5.41, 5.74) is 2.77. The van der Waals surface area contributed by atoms with Crippen LogP contribution in [0.3, 0.4) is 0 Å². The summed E-state index contributed by atoms with van der Waals surface area (Å²) in [5, 5.41) is 18.6. The van der Waals surface area contributed by atoms with Gasteiger partial charge in [0.15, 0.2) is 6.10 Å². The molecular formula is C12H15BrO4. The molecule has 0 bridgehead atoms. The number of methoxy groups -OCH3 is 1. The van der Waals surface area contributed by atoms with Crippen LogP contribution in [0, 0.1) is 20.8 Å². The predicted octanol–water partition coefficient (Wildman–Crippen LogP) is 2.50. The second kappa shape index (κ2) is 5.06. The number of carboxylic acids is 1. The average molecular weight is 303 g/mol. The zero-order valence-electron chi connectivity index (χ0n) is 10.2. The smallest absolute Gasteiger partial charge is 0.337 e. The summed E-state index contributed by atoms with van der Waals surface area (Å²) in [5.74, 6) is -0.861. The van der Waals surface area contributed by atoms with Gasteiger partial charge in [0, 0.05) is 10.0 Å². The first-order valence-electron chi connectivity index (χ1n) is 5.06. The molecule has 0 aromatic heterocycles. The molecule has 94 valence electrons. The lowest BCUT2D eigenvalue weighted by Crippen LogP contribution is -2.15. The largest absolute Gasteiger partial charge is 0.496 e. The number of benzene rings is 1. The maximum Gasteiger partial charge on any atom is 0.337 e. The Morgan fingerprint density at radius 3 is 2.18 bits per heavy atom. The molecule has 1 atom stereocenters. The molecule has 0 radical (unpaired) electrons. The van der Waals surface area contributed by atoms with Crippen LogP contribution in [0.2, 0.25) is 0 Å². The summed E-state index contributed by atoms with van der Waals surface area (Å²) in [6, 6.07) is 0. The molecule has 0 spiro atoms. The van der Waals surface area contributed by atoms with E-state index in [1.165, 1.54) is 7.11 Å². The van der Waals surface area contributed by atoms with E-state index in [0.717, 1.165) is 15.6 Å². The highest BCUT2D eigenvalue weighted by atomic mass is 79.9. The minimum absolute atomic E-state index is 0.301. The number of aliphatic hydroxyl groups is 1. The second-order valence-corrected chi connectivity index (χ2v) is 4.67. The first-order valence-corrected chi connectivity index (χ1v) is 5.86. The molecule has 1 unspecified atom stereocenters. The van der Waals surface area contributed by atoms with Crippen LogP contribution in [0.25, 0.3) is 0 Å². The van der Waals surface area contributed by atoms with E-state index in [2.05, 4.69) is 15.9 Å². The molecule has 0 fully saturated rings. The van der Waals surface area contributed by atoms with Crippen molar-refractivity contribution < 1.29 is 19.7 Å². The number of carbonyl (C=O) groups is 1. The number of hydrogen-bond donors (Lipinski definition) is 2.